The van der Waals surface area contributed by atoms with Gasteiger partial charge in [0, 0.05) is 29.9 Å². The fourth-order valence-electron chi connectivity index (χ4n) is 3.42. The minimum atomic E-state index is -3.27. The number of fused-ring (bicyclic) bond motifs is 1. The van der Waals surface area contributed by atoms with Crippen molar-refractivity contribution in [1.29, 1.82) is 0 Å². The molecule has 0 saturated heterocycles. The maximum Gasteiger partial charge on any atom is 0.257 e. The number of anilines is 1. The number of aryl methyl sites for hydroxylation is 1. The third kappa shape index (κ3) is 3.71. The van der Waals surface area contributed by atoms with Crippen LogP contribution in [0.5, 0.6) is 0 Å². The van der Waals surface area contributed by atoms with Crippen LogP contribution in [-0.4, -0.2) is 25.1 Å². The van der Waals surface area contributed by atoms with Crippen molar-refractivity contribution in [3.8, 4) is 10.6 Å². The van der Waals surface area contributed by atoms with Crippen LogP contribution < -0.4 is 5.32 Å². The first kappa shape index (κ1) is 19.4. The van der Waals surface area contributed by atoms with E-state index in [-0.39, 0.29) is 10.8 Å². The van der Waals surface area contributed by atoms with Crippen LogP contribution in [-0.2, 0) is 16.9 Å². The molecule has 0 aliphatic carbocycles. The van der Waals surface area contributed by atoms with E-state index < -0.39 is 9.84 Å². The van der Waals surface area contributed by atoms with Crippen LogP contribution in [0, 0.1) is 6.92 Å². The Balaban J connectivity index is 1.64. The number of nitrogens with zero attached hydrogens (tertiary/aromatic N) is 1. The van der Waals surface area contributed by atoms with E-state index in [1.807, 2.05) is 36.9 Å². The molecule has 0 fully saturated rings. The molecule has 5 nitrogen and oxygen atoms in total. The number of benzene rings is 2. The van der Waals surface area contributed by atoms with Crippen molar-refractivity contribution >= 4 is 42.9 Å². The van der Waals surface area contributed by atoms with Gasteiger partial charge in [-0.2, -0.15) is 0 Å². The van der Waals surface area contributed by atoms with Crippen molar-refractivity contribution in [2.75, 3.05) is 11.6 Å². The van der Waals surface area contributed by atoms with Crippen LogP contribution in [0.2, 0.25) is 0 Å². The molecule has 0 spiro atoms. The molecule has 2 aromatic heterocycles. The fraction of sp³-hybridized carbons (Fsp3) is 0.136. The Morgan fingerprint density at radius 3 is 2.41 bits per heavy atom. The Morgan fingerprint density at radius 2 is 1.76 bits per heavy atom. The zero-order chi connectivity index (χ0) is 20.8. The van der Waals surface area contributed by atoms with Gasteiger partial charge in [-0.15, -0.1) is 11.3 Å². The molecule has 0 aliphatic rings. The van der Waals surface area contributed by atoms with E-state index in [0.717, 1.165) is 22.4 Å². The number of carbonyl (C=O) groups is 1. The highest BCUT2D eigenvalue weighted by Gasteiger charge is 2.19. The van der Waals surface area contributed by atoms with Crippen molar-refractivity contribution in [2.24, 2.45) is 7.05 Å². The molecule has 0 bridgehead atoms. The Morgan fingerprint density at radius 1 is 1.07 bits per heavy atom. The highest BCUT2D eigenvalue weighted by Crippen LogP contribution is 2.36. The number of aromatic nitrogens is 1. The van der Waals surface area contributed by atoms with Crippen molar-refractivity contribution in [2.45, 2.75) is 11.8 Å². The normalized spacial score (nSPS) is 11.7. The van der Waals surface area contributed by atoms with Gasteiger partial charge in [-0.25, -0.2) is 8.42 Å². The molecule has 1 amide bonds. The molecule has 0 saturated carbocycles. The third-order valence-electron chi connectivity index (χ3n) is 4.88. The number of rotatable bonds is 4. The molecule has 1 N–H and O–H groups in total. The number of hydrogen-bond acceptors (Lipinski definition) is 4. The second-order valence-corrected chi connectivity index (χ2v) is 10.1. The summed E-state index contributed by atoms with van der Waals surface area (Å²) in [5.74, 6) is -0.224. The molecule has 2 aromatic carbocycles. The summed E-state index contributed by atoms with van der Waals surface area (Å²) >= 11 is 1.70. The van der Waals surface area contributed by atoms with Crippen LogP contribution in [0.25, 0.3) is 20.7 Å². The van der Waals surface area contributed by atoms with Crippen molar-refractivity contribution in [1.82, 2.24) is 4.57 Å². The summed E-state index contributed by atoms with van der Waals surface area (Å²) < 4.78 is 26.3. The lowest BCUT2D eigenvalue weighted by Gasteiger charge is -2.06. The van der Waals surface area contributed by atoms with Gasteiger partial charge in [0.05, 0.1) is 21.0 Å². The lowest BCUT2D eigenvalue weighted by molar-refractivity contribution is 0.102. The first-order chi connectivity index (χ1) is 13.7. The smallest absolute Gasteiger partial charge is 0.257 e. The molecule has 148 valence electrons. The van der Waals surface area contributed by atoms with E-state index in [2.05, 4.69) is 23.5 Å². The Hall–Kier alpha value is -2.90. The van der Waals surface area contributed by atoms with Crippen LogP contribution >= 0.6 is 11.3 Å². The van der Waals surface area contributed by atoms with Gasteiger partial charge in [0.1, 0.15) is 0 Å². The van der Waals surface area contributed by atoms with E-state index in [1.165, 1.54) is 22.2 Å². The first-order valence-corrected chi connectivity index (χ1v) is 11.7. The number of amides is 1. The SMILES string of the molecule is Cc1c(C(=O)Nc2ccc(S(C)(=O)=O)cc2)cn(C)c1-c1cc2ccccc2s1. The van der Waals surface area contributed by atoms with Crippen molar-refractivity contribution in [3.63, 3.8) is 0 Å². The van der Waals surface area contributed by atoms with Gasteiger partial charge in [0.25, 0.3) is 5.91 Å². The molecule has 0 atom stereocenters. The van der Waals surface area contributed by atoms with Crippen LogP contribution in [0.4, 0.5) is 5.69 Å². The second kappa shape index (κ2) is 7.17. The largest absolute Gasteiger partial charge is 0.349 e. The van der Waals surface area contributed by atoms with Gasteiger partial charge in [-0.05, 0) is 54.3 Å². The lowest BCUT2D eigenvalue weighted by atomic mass is 10.1. The van der Waals surface area contributed by atoms with Crippen LogP contribution in [0.15, 0.2) is 65.7 Å². The predicted molar refractivity (Wildman–Crippen MR) is 118 cm³/mol. The van der Waals surface area contributed by atoms with Crippen molar-refractivity contribution < 1.29 is 13.2 Å². The fourth-order valence-corrected chi connectivity index (χ4v) is 5.26. The van der Waals surface area contributed by atoms with Crippen LogP contribution in [0.3, 0.4) is 0 Å². The summed E-state index contributed by atoms with van der Waals surface area (Å²) in [6.45, 7) is 1.95. The van der Waals surface area contributed by atoms with Gasteiger partial charge < -0.3 is 9.88 Å². The zero-order valence-electron chi connectivity index (χ0n) is 16.3. The average molecular weight is 425 g/mol. The average Bonchev–Trinajstić information content (AvgIpc) is 3.21. The minimum absolute atomic E-state index is 0.221. The summed E-state index contributed by atoms with van der Waals surface area (Å²) in [6.07, 6.45) is 2.98. The Bertz CT molecular complexity index is 1300. The highest BCUT2D eigenvalue weighted by atomic mass is 32.2. The van der Waals surface area contributed by atoms with Crippen molar-refractivity contribution in [3.05, 3.63) is 71.9 Å². The Kier molecular flexibility index (Phi) is 4.80. The monoisotopic (exact) mass is 424 g/mol. The lowest BCUT2D eigenvalue weighted by Crippen LogP contribution is -2.12. The number of hydrogen-bond donors (Lipinski definition) is 1. The zero-order valence-corrected chi connectivity index (χ0v) is 17.9. The summed E-state index contributed by atoms with van der Waals surface area (Å²) in [6, 6.07) is 16.5. The molecule has 0 radical (unpaired) electrons. The molecule has 4 rings (SSSR count). The Labute approximate surface area is 173 Å². The maximum absolute atomic E-state index is 12.8. The topological polar surface area (TPSA) is 68.2 Å². The number of thiophene rings is 1. The summed E-state index contributed by atoms with van der Waals surface area (Å²) in [4.78, 5) is 14.2. The molecule has 29 heavy (non-hydrogen) atoms. The van der Waals surface area contributed by atoms with E-state index in [0.29, 0.717) is 11.3 Å². The molecule has 0 aliphatic heterocycles. The number of carbonyl (C=O) groups excluding carboxylic acids is 1. The van der Waals surface area contributed by atoms with Gasteiger partial charge in [0.2, 0.25) is 0 Å². The van der Waals surface area contributed by atoms with E-state index >= 15 is 0 Å². The molecular formula is C22H20N2O3S2. The van der Waals surface area contributed by atoms with E-state index in [9.17, 15) is 13.2 Å². The van der Waals surface area contributed by atoms with Crippen LogP contribution in [0.1, 0.15) is 15.9 Å². The molecule has 7 heteroatoms. The summed E-state index contributed by atoms with van der Waals surface area (Å²) in [5, 5.41) is 4.04. The van der Waals surface area contributed by atoms with E-state index in [1.54, 1.807) is 23.5 Å². The molecular weight excluding hydrogens is 404 g/mol. The summed E-state index contributed by atoms with van der Waals surface area (Å²) in [5.41, 5.74) is 3.06. The van der Waals surface area contributed by atoms with E-state index in [4.69, 9.17) is 0 Å². The predicted octanol–water partition coefficient (Wildman–Crippen LogP) is 4.87. The molecule has 0 unspecified atom stereocenters. The number of nitrogens with one attached hydrogen (secondary N) is 1. The summed E-state index contributed by atoms with van der Waals surface area (Å²) in [7, 11) is -1.33. The third-order valence-corrected chi connectivity index (χ3v) is 7.13. The van der Waals surface area contributed by atoms with Gasteiger partial charge in [-0.1, -0.05) is 18.2 Å². The quantitative estimate of drug-likeness (QED) is 0.508. The van der Waals surface area contributed by atoms with Gasteiger partial charge in [-0.3, -0.25) is 4.79 Å². The standard InChI is InChI=1S/C22H20N2O3S2/c1-14-18(22(25)23-16-8-10-17(11-9-16)29(3,26)27)13-24(2)21(14)20-12-15-6-4-5-7-19(15)28-20/h4-13H,1-3H3,(H,23,25). The maximum atomic E-state index is 12.8. The highest BCUT2D eigenvalue weighted by molar-refractivity contribution is 7.90. The number of sulfone groups is 1. The molecule has 2 heterocycles. The first-order valence-electron chi connectivity index (χ1n) is 9.00. The van der Waals surface area contributed by atoms with Gasteiger partial charge >= 0.3 is 0 Å². The van der Waals surface area contributed by atoms with Gasteiger partial charge in [0.15, 0.2) is 9.84 Å². The minimum Gasteiger partial charge on any atom is -0.349 e. The molecule has 4 aromatic rings. The second-order valence-electron chi connectivity index (χ2n) is 7.03.